The summed E-state index contributed by atoms with van der Waals surface area (Å²) in [5.41, 5.74) is 11.8. The standard InChI is InChI=1S/C28H31N3O3/c1-4-33-28(32)16-23-7-5-6-8-27(23)34-18-25-24-15-22(21-11-9-20(17-29)10-12-21)13-14-26(24)31(30-25)19(2)3/h5-15,19H,4,16-18,29H2,1-3H3. The summed E-state index contributed by atoms with van der Waals surface area (Å²) in [7, 11) is 0. The fraction of sp³-hybridized carbons (Fsp3) is 0.286. The molecule has 0 unspecified atom stereocenters. The molecule has 0 saturated heterocycles. The molecular formula is C28H31N3O3. The van der Waals surface area contributed by atoms with Gasteiger partial charge in [-0.2, -0.15) is 5.10 Å². The van der Waals surface area contributed by atoms with Crippen molar-refractivity contribution in [2.45, 2.75) is 46.4 Å². The Morgan fingerprint density at radius 1 is 1.03 bits per heavy atom. The largest absolute Gasteiger partial charge is 0.487 e. The van der Waals surface area contributed by atoms with Crippen LogP contribution in [0.5, 0.6) is 5.75 Å². The van der Waals surface area contributed by atoms with Gasteiger partial charge in [0.25, 0.3) is 0 Å². The van der Waals surface area contributed by atoms with E-state index in [1.807, 2.05) is 28.9 Å². The second-order valence-corrected chi connectivity index (χ2v) is 8.50. The molecule has 4 aromatic rings. The Kier molecular flexibility index (Phi) is 7.28. The van der Waals surface area contributed by atoms with E-state index in [0.29, 0.717) is 25.5 Å². The molecule has 0 fully saturated rings. The SMILES string of the molecule is CCOC(=O)Cc1ccccc1OCc1nn(C(C)C)c2ccc(-c3ccc(CN)cc3)cc12. The van der Waals surface area contributed by atoms with E-state index in [9.17, 15) is 4.79 Å². The zero-order valence-electron chi connectivity index (χ0n) is 20.0. The first-order chi connectivity index (χ1) is 16.5. The van der Waals surface area contributed by atoms with Gasteiger partial charge in [0.15, 0.2) is 0 Å². The van der Waals surface area contributed by atoms with Crippen molar-refractivity contribution in [2.75, 3.05) is 6.61 Å². The zero-order valence-corrected chi connectivity index (χ0v) is 20.0. The molecule has 3 aromatic carbocycles. The Balaban J connectivity index is 1.65. The molecular weight excluding hydrogens is 426 g/mol. The van der Waals surface area contributed by atoms with Crippen molar-refractivity contribution in [3.8, 4) is 16.9 Å². The normalized spacial score (nSPS) is 11.2. The Morgan fingerprint density at radius 2 is 1.76 bits per heavy atom. The van der Waals surface area contributed by atoms with Gasteiger partial charge in [0, 0.05) is 23.5 Å². The maximum Gasteiger partial charge on any atom is 0.310 e. The molecule has 0 aliphatic carbocycles. The molecule has 6 nitrogen and oxygen atoms in total. The molecule has 6 heteroatoms. The zero-order chi connectivity index (χ0) is 24.1. The minimum absolute atomic E-state index is 0.175. The highest BCUT2D eigenvalue weighted by Gasteiger charge is 2.16. The average molecular weight is 458 g/mol. The van der Waals surface area contributed by atoms with E-state index in [4.69, 9.17) is 20.3 Å². The number of para-hydroxylation sites is 1. The number of aromatic nitrogens is 2. The predicted molar refractivity (Wildman–Crippen MR) is 135 cm³/mol. The van der Waals surface area contributed by atoms with Crippen molar-refractivity contribution < 1.29 is 14.3 Å². The molecule has 1 heterocycles. The molecule has 2 N–H and O–H groups in total. The van der Waals surface area contributed by atoms with E-state index in [-0.39, 0.29) is 18.4 Å². The van der Waals surface area contributed by atoms with Crippen molar-refractivity contribution >= 4 is 16.9 Å². The average Bonchev–Trinajstić information content (AvgIpc) is 3.22. The van der Waals surface area contributed by atoms with Gasteiger partial charge in [0.1, 0.15) is 18.1 Å². The fourth-order valence-electron chi connectivity index (χ4n) is 4.02. The molecule has 0 radical (unpaired) electrons. The van der Waals surface area contributed by atoms with E-state index >= 15 is 0 Å². The minimum Gasteiger partial charge on any atom is -0.487 e. The lowest BCUT2D eigenvalue weighted by atomic mass is 10.0. The van der Waals surface area contributed by atoms with Gasteiger partial charge >= 0.3 is 5.97 Å². The Bertz CT molecular complexity index is 1280. The molecule has 1 aromatic heterocycles. The van der Waals surface area contributed by atoms with Gasteiger partial charge in [-0.1, -0.05) is 48.5 Å². The van der Waals surface area contributed by atoms with Crippen LogP contribution < -0.4 is 10.5 Å². The van der Waals surface area contributed by atoms with E-state index in [1.165, 1.54) is 0 Å². The number of rotatable bonds is 9. The van der Waals surface area contributed by atoms with E-state index in [2.05, 4.69) is 56.3 Å². The second-order valence-electron chi connectivity index (χ2n) is 8.50. The number of carbonyl (C=O) groups excluding carboxylic acids is 1. The topological polar surface area (TPSA) is 79.4 Å². The molecule has 34 heavy (non-hydrogen) atoms. The summed E-state index contributed by atoms with van der Waals surface area (Å²) in [6.45, 7) is 7.22. The van der Waals surface area contributed by atoms with Crippen LogP contribution >= 0.6 is 0 Å². The monoisotopic (exact) mass is 457 g/mol. The van der Waals surface area contributed by atoms with Crippen molar-refractivity contribution in [2.24, 2.45) is 5.73 Å². The summed E-state index contributed by atoms with van der Waals surface area (Å²) in [6.07, 6.45) is 0.175. The molecule has 176 valence electrons. The van der Waals surface area contributed by atoms with Crippen molar-refractivity contribution in [3.05, 3.63) is 83.6 Å². The molecule has 0 aliphatic rings. The highest BCUT2D eigenvalue weighted by molar-refractivity contribution is 5.87. The summed E-state index contributed by atoms with van der Waals surface area (Å²) in [6, 6.07) is 22.5. The minimum atomic E-state index is -0.265. The predicted octanol–water partition coefficient (Wildman–Crippen LogP) is 5.43. The maximum absolute atomic E-state index is 12.0. The fourth-order valence-corrected chi connectivity index (χ4v) is 4.02. The molecule has 0 aliphatic heterocycles. The van der Waals surface area contributed by atoms with Gasteiger partial charge in [-0.15, -0.1) is 0 Å². The second kappa shape index (κ2) is 10.5. The number of hydrogen-bond acceptors (Lipinski definition) is 5. The first-order valence-electron chi connectivity index (χ1n) is 11.7. The van der Waals surface area contributed by atoms with Crippen LogP contribution in [0.25, 0.3) is 22.0 Å². The molecule has 0 spiro atoms. The Hall–Kier alpha value is -3.64. The van der Waals surface area contributed by atoms with Gasteiger partial charge in [0.2, 0.25) is 0 Å². The van der Waals surface area contributed by atoms with Gasteiger partial charge in [0.05, 0.1) is 18.5 Å². The highest BCUT2D eigenvalue weighted by atomic mass is 16.5. The van der Waals surface area contributed by atoms with E-state index in [1.54, 1.807) is 6.92 Å². The van der Waals surface area contributed by atoms with Crippen LogP contribution in [0.1, 0.15) is 43.6 Å². The number of nitrogens with zero attached hydrogens (tertiary/aromatic N) is 2. The smallest absolute Gasteiger partial charge is 0.310 e. The maximum atomic E-state index is 12.0. The van der Waals surface area contributed by atoms with Crippen LogP contribution in [0.15, 0.2) is 66.7 Å². The third-order valence-electron chi connectivity index (χ3n) is 5.77. The number of hydrogen-bond donors (Lipinski definition) is 1. The van der Waals surface area contributed by atoms with Crippen LogP contribution in [0.3, 0.4) is 0 Å². The Morgan fingerprint density at radius 3 is 2.47 bits per heavy atom. The quantitative estimate of drug-likeness (QED) is 0.339. The summed E-state index contributed by atoms with van der Waals surface area (Å²) in [5.74, 6) is 0.398. The lowest BCUT2D eigenvalue weighted by Crippen LogP contribution is -2.09. The number of ether oxygens (including phenoxy) is 2. The van der Waals surface area contributed by atoms with Crippen molar-refractivity contribution in [1.29, 1.82) is 0 Å². The summed E-state index contributed by atoms with van der Waals surface area (Å²) >= 11 is 0. The molecule has 0 atom stereocenters. The molecule has 0 bridgehead atoms. The van der Waals surface area contributed by atoms with Gasteiger partial charge < -0.3 is 15.2 Å². The third kappa shape index (κ3) is 5.13. The Labute approximate surface area is 200 Å². The number of fused-ring (bicyclic) bond motifs is 1. The number of carbonyl (C=O) groups is 1. The van der Waals surface area contributed by atoms with Crippen LogP contribution in [0, 0.1) is 0 Å². The highest BCUT2D eigenvalue weighted by Crippen LogP contribution is 2.30. The molecule has 4 rings (SSSR count). The number of esters is 1. The first-order valence-corrected chi connectivity index (χ1v) is 11.7. The third-order valence-corrected chi connectivity index (χ3v) is 5.77. The van der Waals surface area contributed by atoms with Crippen LogP contribution in [-0.2, 0) is 29.1 Å². The van der Waals surface area contributed by atoms with Crippen LogP contribution in [0.2, 0.25) is 0 Å². The number of benzene rings is 3. The first kappa shape index (κ1) is 23.5. The van der Waals surface area contributed by atoms with Gasteiger partial charge in [-0.05, 0) is 55.7 Å². The molecule has 0 amide bonds. The molecule has 0 saturated carbocycles. The lowest BCUT2D eigenvalue weighted by Gasteiger charge is -2.10. The van der Waals surface area contributed by atoms with Crippen LogP contribution in [-0.4, -0.2) is 22.4 Å². The van der Waals surface area contributed by atoms with Crippen LogP contribution in [0.4, 0.5) is 0 Å². The van der Waals surface area contributed by atoms with E-state index < -0.39 is 0 Å². The lowest BCUT2D eigenvalue weighted by molar-refractivity contribution is -0.142. The van der Waals surface area contributed by atoms with Gasteiger partial charge in [-0.3, -0.25) is 9.48 Å². The van der Waals surface area contributed by atoms with Crippen molar-refractivity contribution in [3.63, 3.8) is 0 Å². The summed E-state index contributed by atoms with van der Waals surface area (Å²) in [5, 5.41) is 5.92. The summed E-state index contributed by atoms with van der Waals surface area (Å²) < 4.78 is 13.3. The summed E-state index contributed by atoms with van der Waals surface area (Å²) in [4.78, 5) is 12.0. The number of nitrogens with two attached hydrogens (primary N) is 1. The van der Waals surface area contributed by atoms with Gasteiger partial charge in [-0.25, -0.2) is 0 Å². The van der Waals surface area contributed by atoms with Crippen molar-refractivity contribution in [1.82, 2.24) is 9.78 Å². The van der Waals surface area contributed by atoms with E-state index in [0.717, 1.165) is 38.9 Å².